The van der Waals surface area contributed by atoms with Gasteiger partial charge in [-0.05, 0) is 25.1 Å². The van der Waals surface area contributed by atoms with Crippen molar-refractivity contribution in [2.45, 2.75) is 13.5 Å². The molecule has 0 atom stereocenters. The zero-order chi connectivity index (χ0) is 14.4. The zero-order valence-corrected chi connectivity index (χ0v) is 11.3. The first-order valence-electron chi connectivity index (χ1n) is 6.46. The van der Waals surface area contributed by atoms with Crippen molar-refractivity contribution in [1.29, 1.82) is 0 Å². The lowest BCUT2D eigenvalue weighted by atomic mass is 10.2. The number of nitro benzene ring substituents is 1. The summed E-state index contributed by atoms with van der Waals surface area (Å²) >= 11 is 0. The topological polar surface area (TPSA) is 69.3 Å². The Labute approximate surface area is 117 Å². The molecule has 0 amide bonds. The molecule has 1 N–H and O–H groups in total. The molecule has 0 saturated carbocycles. The monoisotopic (exact) mass is 275 g/mol. The van der Waals surface area contributed by atoms with Gasteiger partial charge in [0.05, 0.1) is 11.5 Å². The lowest BCUT2D eigenvalue weighted by Crippen LogP contribution is -2.09. The normalized spacial score (nSPS) is 10.2. The average molecular weight is 275 g/mol. The maximum Gasteiger partial charge on any atom is 0.311 e. The van der Waals surface area contributed by atoms with E-state index < -0.39 is 4.92 Å². The van der Waals surface area contributed by atoms with E-state index in [1.54, 1.807) is 19.1 Å². The van der Waals surface area contributed by atoms with Crippen LogP contribution in [-0.2, 0) is 6.54 Å². The van der Waals surface area contributed by atoms with Crippen LogP contribution in [0.2, 0.25) is 0 Å². The Bertz CT molecular complexity index is 567. The zero-order valence-electron chi connectivity index (χ0n) is 11.3. The minimum absolute atomic E-state index is 0.0113. The molecule has 1 aromatic heterocycles. The van der Waals surface area contributed by atoms with Gasteiger partial charge in [0.15, 0.2) is 5.75 Å². The Morgan fingerprint density at radius 1 is 1.35 bits per heavy atom. The van der Waals surface area contributed by atoms with Crippen molar-refractivity contribution >= 4 is 11.4 Å². The molecular weight excluding hydrogens is 258 g/mol. The molecule has 0 aliphatic carbocycles. The molecule has 0 aliphatic heterocycles. The van der Waals surface area contributed by atoms with Crippen molar-refractivity contribution < 1.29 is 9.66 Å². The van der Waals surface area contributed by atoms with Gasteiger partial charge in [0.2, 0.25) is 0 Å². The molecule has 106 valence electrons. The van der Waals surface area contributed by atoms with Crippen molar-refractivity contribution in [1.82, 2.24) is 4.57 Å². The molecule has 1 aromatic carbocycles. The summed E-state index contributed by atoms with van der Waals surface area (Å²) < 4.78 is 7.36. The molecular formula is C14H17N3O3. The standard InChI is InChI=1S/C14H17N3O3/c1-2-20-14-11-12(5-6-13(14)17(18)19)15-7-10-16-8-3-4-9-16/h3-6,8-9,11,15H,2,7,10H2,1H3. The molecule has 0 aliphatic rings. The quantitative estimate of drug-likeness (QED) is 0.623. The van der Waals surface area contributed by atoms with Crippen LogP contribution in [0.25, 0.3) is 0 Å². The molecule has 0 bridgehead atoms. The van der Waals surface area contributed by atoms with Gasteiger partial charge in [0, 0.05) is 43.3 Å². The summed E-state index contributed by atoms with van der Waals surface area (Å²) in [5.41, 5.74) is 0.800. The van der Waals surface area contributed by atoms with Crippen LogP contribution >= 0.6 is 0 Å². The summed E-state index contributed by atoms with van der Waals surface area (Å²) in [6, 6.07) is 8.76. The van der Waals surface area contributed by atoms with Gasteiger partial charge in [-0.15, -0.1) is 0 Å². The van der Waals surface area contributed by atoms with E-state index in [1.807, 2.05) is 24.5 Å². The third-order valence-electron chi connectivity index (χ3n) is 2.82. The number of ether oxygens (including phenoxy) is 1. The first kappa shape index (κ1) is 13.9. The largest absolute Gasteiger partial charge is 0.487 e. The van der Waals surface area contributed by atoms with Crippen molar-refractivity contribution in [3.8, 4) is 5.75 Å². The van der Waals surface area contributed by atoms with Crippen molar-refractivity contribution in [3.63, 3.8) is 0 Å². The Balaban J connectivity index is 2.01. The first-order valence-corrected chi connectivity index (χ1v) is 6.46. The van der Waals surface area contributed by atoms with E-state index in [0.717, 1.165) is 18.8 Å². The van der Waals surface area contributed by atoms with E-state index in [2.05, 4.69) is 9.88 Å². The molecule has 2 rings (SSSR count). The molecule has 0 saturated heterocycles. The predicted molar refractivity (Wildman–Crippen MR) is 77.2 cm³/mol. The highest BCUT2D eigenvalue weighted by molar-refractivity contribution is 5.57. The van der Waals surface area contributed by atoms with Crippen LogP contribution in [0, 0.1) is 10.1 Å². The van der Waals surface area contributed by atoms with E-state index in [9.17, 15) is 10.1 Å². The second-order valence-electron chi connectivity index (χ2n) is 4.22. The highest BCUT2D eigenvalue weighted by Crippen LogP contribution is 2.29. The SMILES string of the molecule is CCOc1cc(NCCn2cccc2)ccc1[N+](=O)[O-]. The maximum absolute atomic E-state index is 10.9. The summed E-state index contributed by atoms with van der Waals surface area (Å²) in [7, 11) is 0. The fourth-order valence-corrected chi connectivity index (χ4v) is 1.89. The van der Waals surface area contributed by atoms with Gasteiger partial charge in [-0.3, -0.25) is 10.1 Å². The fourth-order valence-electron chi connectivity index (χ4n) is 1.89. The third kappa shape index (κ3) is 3.50. The molecule has 0 spiro atoms. The number of hydrogen-bond donors (Lipinski definition) is 1. The van der Waals surface area contributed by atoms with Crippen molar-refractivity contribution in [3.05, 3.63) is 52.8 Å². The van der Waals surface area contributed by atoms with Crippen LogP contribution < -0.4 is 10.1 Å². The summed E-state index contributed by atoms with van der Waals surface area (Å²) in [5, 5.41) is 14.1. The van der Waals surface area contributed by atoms with Crippen molar-refractivity contribution in [2.24, 2.45) is 0 Å². The average Bonchev–Trinajstić information content (AvgIpc) is 2.92. The number of hydrogen-bond acceptors (Lipinski definition) is 4. The number of rotatable bonds is 7. The minimum atomic E-state index is -0.436. The summed E-state index contributed by atoms with van der Waals surface area (Å²) in [6.07, 6.45) is 3.98. The van der Waals surface area contributed by atoms with E-state index in [0.29, 0.717) is 12.4 Å². The smallest absolute Gasteiger partial charge is 0.311 e. The van der Waals surface area contributed by atoms with Crippen LogP contribution in [0.1, 0.15) is 6.92 Å². The molecule has 0 fully saturated rings. The predicted octanol–water partition coefficient (Wildman–Crippen LogP) is 2.91. The second-order valence-corrected chi connectivity index (χ2v) is 4.22. The van der Waals surface area contributed by atoms with Gasteiger partial charge in [-0.25, -0.2) is 0 Å². The fraction of sp³-hybridized carbons (Fsp3) is 0.286. The minimum Gasteiger partial charge on any atom is -0.487 e. The Kier molecular flexibility index (Phi) is 4.60. The van der Waals surface area contributed by atoms with E-state index in [1.165, 1.54) is 6.07 Å². The summed E-state index contributed by atoms with van der Waals surface area (Å²) in [5.74, 6) is 0.295. The third-order valence-corrected chi connectivity index (χ3v) is 2.82. The Hall–Kier alpha value is -2.50. The van der Waals surface area contributed by atoms with Gasteiger partial charge >= 0.3 is 5.69 Å². The number of nitro groups is 1. The number of nitrogens with one attached hydrogen (secondary N) is 1. The van der Waals surface area contributed by atoms with Gasteiger partial charge in [0.1, 0.15) is 0 Å². The number of benzene rings is 1. The van der Waals surface area contributed by atoms with Gasteiger partial charge in [-0.1, -0.05) is 0 Å². The number of aromatic nitrogens is 1. The lowest BCUT2D eigenvalue weighted by molar-refractivity contribution is -0.385. The van der Waals surface area contributed by atoms with Gasteiger partial charge < -0.3 is 14.6 Å². The number of anilines is 1. The molecule has 1 heterocycles. The van der Waals surface area contributed by atoms with E-state index in [-0.39, 0.29) is 5.69 Å². The van der Waals surface area contributed by atoms with E-state index >= 15 is 0 Å². The highest BCUT2D eigenvalue weighted by atomic mass is 16.6. The van der Waals surface area contributed by atoms with Gasteiger partial charge in [0.25, 0.3) is 0 Å². The van der Waals surface area contributed by atoms with E-state index in [4.69, 9.17) is 4.74 Å². The second kappa shape index (κ2) is 6.60. The highest BCUT2D eigenvalue weighted by Gasteiger charge is 2.14. The van der Waals surface area contributed by atoms with Crippen LogP contribution in [-0.4, -0.2) is 22.6 Å². The first-order chi connectivity index (χ1) is 9.70. The van der Waals surface area contributed by atoms with Crippen LogP contribution in [0.15, 0.2) is 42.7 Å². The molecule has 20 heavy (non-hydrogen) atoms. The lowest BCUT2D eigenvalue weighted by Gasteiger charge is -2.10. The maximum atomic E-state index is 10.9. The molecule has 2 aromatic rings. The van der Waals surface area contributed by atoms with Crippen LogP contribution in [0.5, 0.6) is 5.75 Å². The molecule has 6 nitrogen and oxygen atoms in total. The van der Waals surface area contributed by atoms with Gasteiger partial charge in [-0.2, -0.15) is 0 Å². The molecule has 0 radical (unpaired) electrons. The van der Waals surface area contributed by atoms with Crippen LogP contribution in [0.4, 0.5) is 11.4 Å². The Morgan fingerprint density at radius 3 is 2.75 bits per heavy atom. The van der Waals surface area contributed by atoms with Crippen LogP contribution in [0.3, 0.4) is 0 Å². The summed E-state index contributed by atoms with van der Waals surface area (Å²) in [6.45, 7) is 3.76. The van der Waals surface area contributed by atoms with Crippen molar-refractivity contribution in [2.75, 3.05) is 18.5 Å². The molecule has 0 unspecified atom stereocenters. The summed E-state index contributed by atoms with van der Waals surface area (Å²) in [4.78, 5) is 10.4. The number of nitrogens with zero attached hydrogens (tertiary/aromatic N) is 2. The Morgan fingerprint density at radius 2 is 2.10 bits per heavy atom. The molecule has 6 heteroatoms.